The highest BCUT2D eigenvalue weighted by Crippen LogP contribution is 2.45. The van der Waals surface area contributed by atoms with E-state index in [1.54, 1.807) is 20.8 Å². The van der Waals surface area contributed by atoms with Gasteiger partial charge in [0.15, 0.2) is 6.10 Å². The van der Waals surface area contributed by atoms with Crippen molar-refractivity contribution in [3.63, 3.8) is 0 Å². The number of carbonyl (C=O) groups excluding carboxylic acids is 2. The zero-order chi connectivity index (χ0) is 21.3. The SMILES string of the molecule is CC(C)[Si](O[C@H]1C(=O)N(NC(=O)OC(C)(C)C)[C@H]1C(F)F)(C(C)C)C(C)C. The molecule has 0 unspecified atom stereocenters. The third-order valence-electron chi connectivity index (χ3n) is 5.00. The van der Waals surface area contributed by atoms with Crippen molar-refractivity contribution in [1.82, 2.24) is 10.4 Å². The molecule has 2 atom stereocenters. The monoisotopic (exact) mass is 408 g/mol. The Bertz CT molecular complexity index is 528. The smallest absolute Gasteiger partial charge is 0.426 e. The summed E-state index contributed by atoms with van der Waals surface area (Å²) in [6, 6.07) is -1.52. The standard InChI is InChI=1S/C18H34F2N2O4Si/c1-10(2)27(11(3)4,12(5)6)26-14-13(15(19)20)22(16(14)23)21-17(24)25-18(7,8)9/h10-15H,1-9H3,(H,21,24)/t13-,14-/m1/s1. The van der Waals surface area contributed by atoms with Gasteiger partial charge in [0.05, 0.1) is 0 Å². The number of β-lactam (4-membered cyclic amide) rings is 1. The zero-order valence-electron chi connectivity index (χ0n) is 17.8. The number of ether oxygens (including phenoxy) is 1. The van der Waals surface area contributed by atoms with E-state index in [1.165, 1.54) is 0 Å². The Labute approximate surface area is 162 Å². The van der Waals surface area contributed by atoms with Crippen LogP contribution >= 0.6 is 0 Å². The van der Waals surface area contributed by atoms with Crippen LogP contribution in [0, 0.1) is 0 Å². The maximum Gasteiger partial charge on any atom is 0.426 e. The minimum absolute atomic E-state index is 0.150. The molecule has 0 aliphatic carbocycles. The van der Waals surface area contributed by atoms with Gasteiger partial charge < -0.3 is 9.16 Å². The number of nitrogens with zero attached hydrogens (tertiary/aromatic N) is 1. The quantitative estimate of drug-likeness (QED) is 0.499. The molecule has 0 aromatic carbocycles. The van der Waals surface area contributed by atoms with Crippen molar-refractivity contribution in [3.8, 4) is 0 Å². The first-order chi connectivity index (χ1) is 12.1. The van der Waals surface area contributed by atoms with Gasteiger partial charge in [-0.3, -0.25) is 4.79 Å². The van der Waals surface area contributed by atoms with Gasteiger partial charge in [-0.25, -0.2) is 24.0 Å². The molecule has 158 valence electrons. The van der Waals surface area contributed by atoms with E-state index in [9.17, 15) is 18.4 Å². The predicted molar refractivity (Wildman–Crippen MR) is 102 cm³/mol. The highest BCUT2D eigenvalue weighted by Gasteiger charge is 2.59. The Kier molecular flexibility index (Phi) is 7.43. The van der Waals surface area contributed by atoms with Gasteiger partial charge in [0, 0.05) is 0 Å². The molecule has 0 spiro atoms. The molecule has 0 bridgehead atoms. The number of alkyl halides is 2. The van der Waals surface area contributed by atoms with Crippen LogP contribution in [0.4, 0.5) is 13.6 Å². The third kappa shape index (κ3) is 4.99. The van der Waals surface area contributed by atoms with Crippen molar-refractivity contribution >= 4 is 20.3 Å². The van der Waals surface area contributed by atoms with E-state index >= 15 is 0 Å². The molecule has 1 aliphatic heterocycles. The third-order valence-corrected chi connectivity index (χ3v) is 11.1. The number of amides is 2. The first-order valence-electron chi connectivity index (χ1n) is 9.43. The van der Waals surface area contributed by atoms with Gasteiger partial charge in [-0.2, -0.15) is 0 Å². The van der Waals surface area contributed by atoms with Gasteiger partial charge in [-0.05, 0) is 37.4 Å². The summed E-state index contributed by atoms with van der Waals surface area (Å²) in [7, 11) is -2.52. The van der Waals surface area contributed by atoms with E-state index in [0.717, 1.165) is 0 Å². The largest absolute Gasteiger partial charge is 0.443 e. The first kappa shape index (κ1) is 23.8. The van der Waals surface area contributed by atoms with Crippen molar-refractivity contribution in [3.05, 3.63) is 0 Å². The lowest BCUT2D eigenvalue weighted by Crippen LogP contribution is -2.75. The molecule has 0 saturated carbocycles. The van der Waals surface area contributed by atoms with Crippen LogP contribution in [-0.4, -0.2) is 49.5 Å². The van der Waals surface area contributed by atoms with Crippen LogP contribution in [0.5, 0.6) is 0 Å². The normalized spacial score (nSPS) is 21.3. The van der Waals surface area contributed by atoms with Crippen LogP contribution < -0.4 is 5.43 Å². The average Bonchev–Trinajstić information content (AvgIpc) is 2.45. The molecule has 6 nitrogen and oxygen atoms in total. The van der Waals surface area contributed by atoms with Crippen molar-refractivity contribution in [2.24, 2.45) is 0 Å². The summed E-state index contributed by atoms with van der Waals surface area (Å²) < 4.78 is 38.6. The molecule has 0 aromatic heterocycles. The highest BCUT2D eigenvalue weighted by atomic mass is 28.4. The molecule has 1 aliphatic rings. The van der Waals surface area contributed by atoms with Gasteiger partial charge >= 0.3 is 6.09 Å². The van der Waals surface area contributed by atoms with Gasteiger partial charge in [0.2, 0.25) is 8.32 Å². The molecule has 0 aromatic rings. The summed E-state index contributed by atoms with van der Waals surface area (Å²) in [5.41, 5.74) is 1.78. The Hall–Kier alpha value is -1.22. The molecule has 27 heavy (non-hydrogen) atoms. The van der Waals surface area contributed by atoms with Crippen LogP contribution in [-0.2, 0) is 14.0 Å². The van der Waals surface area contributed by atoms with Crippen LogP contribution in [0.15, 0.2) is 0 Å². The van der Waals surface area contributed by atoms with Gasteiger partial charge in [0.1, 0.15) is 11.6 Å². The van der Waals surface area contributed by atoms with E-state index in [4.69, 9.17) is 9.16 Å². The number of nitrogens with one attached hydrogen (secondary N) is 1. The number of hydrazine groups is 1. The summed E-state index contributed by atoms with van der Waals surface area (Å²) in [5, 5.41) is 0.642. The lowest BCUT2D eigenvalue weighted by Gasteiger charge is -2.52. The maximum atomic E-state index is 13.7. The van der Waals surface area contributed by atoms with Crippen molar-refractivity contribution in [2.75, 3.05) is 0 Å². The minimum atomic E-state index is -2.85. The Balaban J connectivity index is 3.03. The summed E-state index contributed by atoms with van der Waals surface area (Å²) in [6.07, 6.45) is -5.04. The predicted octanol–water partition coefficient (Wildman–Crippen LogP) is 4.46. The van der Waals surface area contributed by atoms with Crippen molar-refractivity contribution < 1.29 is 27.5 Å². The Morgan fingerprint density at radius 3 is 1.85 bits per heavy atom. The van der Waals surface area contributed by atoms with E-state index in [0.29, 0.717) is 5.01 Å². The van der Waals surface area contributed by atoms with Gasteiger partial charge in [-0.15, -0.1) is 0 Å². The van der Waals surface area contributed by atoms with Crippen LogP contribution in [0.1, 0.15) is 62.3 Å². The van der Waals surface area contributed by atoms with E-state index < -0.39 is 44.5 Å². The van der Waals surface area contributed by atoms with E-state index in [2.05, 4.69) is 5.43 Å². The summed E-state index contributed by atoms with van der Waals surface area (Å²) in [4.78, 5) is 24.4. The molecule has 1 N–H and O–H groups in total. The fourth-order valence-corrected chi connectivity index (χ4v) is 9.50. The summed E-state index contributed by atoms with van der Waals surface area (Å²) >= 11 is 0. The molecule has 1 saturated heterocycles. The Morgan fingerprint density at radius 1 is 1.07 bits per heavy atom. The van der Waals surface area contributed by atoms with Crippen molar-refractivity contribution in [1.29, 1.82) is 0 Å². The molecular formula is C18H34F2N2O4Si. The average molecular weight is 409 g/mol. The molecule has 2 amide bonds. The lowest BCUT2D eigenvalue weighted by atomic mass is 10.0. The number of rotatable bonds is 7. The lowest BCUT2D eigenvalue weighted by molar-refractivity contribution is -0.185. The van der Waals surface area contributed by atoms with Crippen LogP contribution in [0.3, 0.4) is 0 Å². The number of hydrogen-bond acceptors (Lipinski definition) is 4. The second-order valence-electron chi connectivity index (χ2n) is 9.00. The highest BCUT2D eigenvalue weighted by molar-refractivity contribution is 6.77. The molecule has 1 rings (SSSR count). The minimum Gasteiger partial charge on any atom is -0.443 e. The number of hydrogen-bond donors (Lipinski definition) is 1. The van der Waals surface area contributed by atoms with Crippen molar-refractivity contribution in [2.45, 2.75) is 103 Å². The van der Waals surface area contributed by atoms with E-state index in [1.807, 2.05) is 41.5 Å². The van der Waals surface area contributed by atoms with E-state index in [-0.39, 0.29) is 16.6 Å². The molecular weight excluding hydrogens is 374 g/mol. The molecule has 9 heteroatoms. The van der Waals surface area contributed by atoms with Crippen LogP contribution in [0.25, 0.3) is 0 Å². The topological polar surface area (TPSA) is 67.9 Å². The zero-order valence-corrected chi connectivity index (χ0v) is 18.8. The first-order valence-corrected chi connectivity index (χ1v) is 11.6. The second kappa shape index (κ2) is 8.42. The molecule has 1 fully saturated rings. The Morgan fingerprint density at radius 2 is 1.52 bits per heavy atom. The maximum absolute atomic E-state index is 13.7. The fourth-order valence-electron chi connectivity index (χ4n) is 4.01. The van der Waals surface area contributed by atoms with Gasteiger partial charge in [-0.1, -0.05) is 41.5 Å². The second-order valence-corrected chi connectivity index (χ2v) is 14.4. The fraction of sp³-hybridized carbons (Fsp3) is 0.889. The number of carbonyl (C=O) groups is 2. The molecule has 1 heterocycles. The summed E-state index contributed by atoms with van der Waals surface area (Å²) in [5.74, 6) is -0.662. The van der Waals surface area contributed by atoms with Gasteiger partial charge in [0.25, 0.3) is 12.3 Å². The molecule has 0 radical (unpaired) electrons. The number of halogens is 2. The summed E-state index contributed by atoms with van der Waals surface area (Å²) in [6.45, 7) is 17.0. The van der Waals surface area contributed by atoms with Crippen LogP contribution in [0.2, 0.25) is 16.6 Å².